The lowest BCUT2D eigenvalue weighted by Gasteiger charge is -2.39. The molecule has 0 bridgehead atoms. The smallest absolute Gasteiger partial charge is 0.244 e. The summed E-state index contributed by atoms with van der Waals surface area (Å²) in [7, 11) is 0. The molecule has 0 saturated carbocycles. The number of carbonyl (C=O) groups excluding carboxylic acids is 1. The van der Waals surface area contributed by atoms with Crippen LogP contribution in [0.15, 0.2) is 53.9 Å². The first kappa shape index (κ1) is 17.9. The van der Waals surface area contributed by atoms with Crippen molar-refractivity contribution in [1.29, 1.82) is 0 Å². The zero-order valence-electron chi connectivity index (χ0n) is 14.1. The van der Waals surface area contributed by atoms with Gasteiger partial charge in [0, 0.05) is 24.2 Å². The summed E-state index contributed by atoms with van der Waals surface area (Å²) in [5.74, 6) is -0.139. The van der Waals surface area contributed by atoms with Crippen LogP contribution in [0.3, 0.4) is 0 Å². The molecule has 5 heteroatoms. The second-order valence-electron chi connectivity index (χ2n) is 6.24. The summed E-state index contributed by atoms with van der Waals surface area (Å²) in [4.78, 5) is 13.2. The largest absolute Gasteiger partial charge is 0.383 e. The lowest BCUT2D eigenvalue weighted by Crippen LogP contribution is -2.47. The number of benzene rings is 1. The molecule has 2 aromatic rings. The zero-order chi connectivity index (χ0) is 17.5. The first-order valence-electron chi connectivity index (χ1n) is 8.53. The molecule has 1 saturated heterocycles. The lowest BCUT2D eigenvalue weighted by molar-refractivity contribution is -0.119. The molecule has 0 aliphatic carbocycles. The molecule has 25 heavy (non-hydrogen) atoms. The van der Waals surface area contributed by atoms with E-state index in [-0.39, 0.29) is 18.4 Å². The Labute approximate surface area is 152 Å². The summed E-state index contributed by atoms with van der Waals surface area (Å²) >= 11 is 1.58. The van der Waals surface area contributed by atoms with E-state index in [1.807, 2.05) is 47.8 Å². The van der Waals surface area contributed by atoms with Crippen LogP contribution in [0.5, 0.6) is 0 Å². The third-order valence-electron chi connectivity index (χ3n) is 4.64. The van der Waals surface area contributed by atoms with E-state index in [9.17, 15) is 9.90 Å². The molecular formula is C20H23NO3S. The minimum atomic E-state index is -1.09. The van der Waals surface area contributed by atoms with Gasteiger partial charge in [0.25, 0.3) is 0 Å². The topological polar surface area (TPSA) is 58.6 Å². The Morgan fingerprint density at radius 1 is 1.24 bits per heavy atom. The molecule has 1 fully saturated rings. The van der Waals surface area contributed by atoms with Crippen LogP contribution >= 0.6 is 11.3 Å². The number of ether oxygens (including phenoxy) is 1. The first-order valence-corrected chi connectivity index (χ1v) is 9.41. The molecule has 1 aliphatic rings. The van der Waals surface area contributed by atoms with Gasteiger partial charge >= 0.3 is 0 Å². The van der Waals surface area contributed by atoms with Gasteiger partial charge in [-0.2, -0.15) is 0 Å². The molecule has 1 amide bonds. The molecule has 0 radical (unpaired) electrons. The van der Waals surface area contributed by atoms with Crippen molar-refractivity contribution in [2.45, 2.75) is 18.4 Å². The predicted molar refractivity (Wildman–Crippen MR) is 100 cm³/mol. The molecule has 0 spiro atoms. The fraction of sp³-hybridized carbons (Fsp3) is 0.350. The molecular weight excluding hydrogens is 334 g/mol. The zero-order valence-corrected chi connectivity index (χ0v) is 14.9. The number of aliphatic hydroxyl groups is 1. The van der Waals surface area contributed by atoms with Gasteiger partial charge < -0.3 is 15.2 Å². The summed E-state index contributed by atoms with van der Waals surface area (Å²) in [5, 5.41) is 16.3. The number of carbonyl (C=O) groups is 1. The molecule has 2 heterocycles. The second kappa shape index (κ2) is 8.43. The maximum atomic E-state index is 12.2. The monoisotopic (exact) mass is 357 g/mol. The lowest BCUT2D eigenvalue weighted by atomic mass is 9.77. The number of hydrogen-bond acceptors (Lipinski definition) is 4. The number of hydrogen-bond donors (Lipinski definition) is 2. The van der Waals surface area contributed by atoms with E-state index in [4.69, 9.17) is 4.74 Å². The molecule has 4 nitrogen and oxygen atoms in total. The molecule has 132 valence electrons. The van der Waals surface area contributed by atoms with E-state index >= 15 is 0 Å². The van der Waals surface area contributed by atoms with E-state index in [1.165, 1.54) is 6.08 Å². The molecule has 0 unspecified atom stereocenters. The van der Waals surface area contributed by atoms with Crippen LogP contribution in [-0.4, -0.2) is 30.8 Å². The number of amides is 1. The molecule has 2 N–H and O–H groups in total. The highest BCUT2D eigenvalue weighted by atomic mass is 32.1. The molecule has 3 rings (SSSR count). The van der Waals surface area contributed by atoms with Gasteiger partial charge in [-0.1, -0.05) is 36.4 Å². The maximum absolute atomic E-state index is 12.2. The molecule has 1 aromatic heterocycles. The number of thiophene rings is 1. The Morgan fingerprint density at radius 3 is 2.68 bits per heavy atom. The Morgan fingerprint density at radius 2 is 2.00 bits per heavy atom. The van der Waals surface area contributed by atoms with E-state index in [2.05, 4.69) is 5.32 Å². The third kappa shape index (κ3) is 4.57. The average Bonchev–Trinajstić information content (AvgIpc) is 3.19. The highest BCUT2D eigenvalue weighted by Gasteiger charge is 2.39. The van der Waals surface area contributed by atoms with Crippen LogP contribution in [0.2, 0.25) is 0 Å². The minimum absolute atomic E-state index is 0.0604. The average molecular weight is 357 g/mol. The standard InChI is InChI=1S/C20H23NO3S/c22-19(9-8-18-7-4-14-25-18)21-15-20(23,16-5-2-1-3-6-16)17-10-12-24-13-11-17/h1-9,14,17,23H,10-13,15H2,(H,21,22)/b9-8+/t20-/m0/s1. The Hall–Kier alpha value is -1.95. The summed E-state index contributed by atoms with van der Waals surface area (Å²) in [6.07, 6.45) is 4.87. The first-order chi connectivity index (χ1) is 12.2. The SMILES string of the molecule is O=C(/C=C/c1cccs1)NC[C@](O)(c1ccccc1)C1CCOCC1. The quantitative estimate of drug-likeness (QED) is 0.781. The van der Waals surface area contributed by atoms with E-state index in [1.54, 1.807) is 17.4 Å². The Kier molecular flexibility index (Phi) is 6.02. The highest BCUT2D eigenvalue weighted by molar-refractivity contribution is 7.10. The van der Waals surface area contributed by atoms with E-state index in [0.29, 0.717) is 13.2 Å². The van der Waals surface area contributed by atoms with Crippen LogP contribution in [-0.2, 0) is 15.1 Å². The summed E-state index contributed by atoms with van der Waals surface area (Å²) < 4.78 is 5.43. The van der Waals surface area contributed by atoms with Crippen LogP contribution in [0.1, 0.15) is 23.3 Å². The van der Waals surface area contributed by atoms with Crippen molar-refractivity contribution < 1.29 is 14.6 Å². The Balaban J connectivity index is 1.70. The van der Waals surface area contributed by atoms with Crippen LogP contribution in [0, 0.1) is 5.92 Å². The van der Waals surface area contributed by atoms with Gasteiger partial charge in [0.15, 0.2) is 0 Å². The fourth-order valence-electron chi connectivity index (χ4n) is 3.21. The van der Waals surface area contributed by atoms with Gasteiger partial charge in [0.05, 0.1) is 6.54 Å². The van der Waals surface area contributed by atoms with Crippen molar-refractivity contribution in [3.63, 3.8) is 0 Å². The number of nitrogens with one attached hydrogen (secondary N) is 1. The van der Waals surface area contributed by atoms with Crippen LogP contribution < -0.4 is 5.32 Å². The normalized spacial score (nSPS) is 18.1. The van der Waals surface area contributed by atoms with Crippen molar-refractivity contribution in [2.24, 2.45) is 5.92 Å². The summed E-state index contributed by atoms with van der Waals surface area (Å²) in [5.41, 5.74) is -0.248. The summed E-state index contributed by atoms with van der Waals surface area (Å²) in [6.45, 7) is 1.48. The Bertz CT molecular complexity index is 693. The third-order valence-corrected chi connectivity index (χ3v) is 5.48. The van der Waals surface area contributed by atoms with E-state index < -0.39 is 5.60 Å². The van der Waals surface area contributed by atoms with Gasteiger partial charge in [-0.25, -0.2) is 0 Å². The van der Waals surface area contributed by atoms with Gasteiger partial charge in [-0.15, -0.1) is 11.3 Å². The maximum Gasteiger partial charge on any atom is 0.244 e. The van der Waals surface area contributed by atoms with Gasteiger partial charge in [0.1, 0.15) is 5.60 Å². The number of rotatable bonds is 6. The molecule has 1 aromatic carbocycles. The van der Waals surface area contributed by atoms with Crippen LogP contribution in [0.4, 0.5) is 0 Å². The van der Waals surface area contributed by atoms with Gasteiger partial charge in [-0.05, 0) is 41.8 Å². The minimum Gasteiger partial charge on any atom is -0.383 e. The van der Waals surface area contributed by atoms with Crippen molar-refractivity contribution in [2.75, 3.05) is 19.8 Å². The van der Waals surface area contributed by atoms with Gasteiger partial charge in [0.2, 0.25) is 5.91 Å². The van der Waals surface area contributed by atoms with Crippen molar-refractivity contribution in [1.82, 2.24) is 5.32 Å². The predicted octanol–water partition coefficient (Wildman–Crippen LogP) is 3.19. The van der Waals surface area contributed by atoms with Crippen LogP contribution in [0.25, 0.3) is 6.08 Å². The second-order valence-corrected chi connectivity index (χ2v) is 7.22. The van der Waals surface area contributed by atoms with E-state index in [0.717, 1.165) is 23.3 Å². The molecule has 1 aliphatic heterocycles. The van der Waals surface area contributed by atoms with Crippen molar-refractivity contribution in [3.8, 4) is 0 Å². The molecule has 1 atom stereocenters. The van der Waals surface area contributed by atoms with Gasteiger partial charge in [-0.3, -0.25) is 4.79 Å². The fourth-order valence-corrected chi connectivity index (χ4v) is 3.83. The van der Waals surface area contributed by atoms with Crippen molar-refractivity contribution in [3.05, 3.63) is 64.4 Å². The highest BCUT2D eigenvalue weighted by Crippen LogP contribution is 2.35. The summed E-state index contributed by atoms with van der Waals surface area (Å²) in [6, 6.07) is 13.5. The van der Waals surface area contributed by atoms with Crippen molar-refractivity contribution >= 4 is 23.3 Å².